The average Bonchev–Trinajstić information content (AvgIpc) is 2.53. The van der Waals surface area contributed by atoms with Crippen molar-refractivity contribution in [3.05, 3.63) is 53.8 Å². The number of allylic oxidation sites excluding steroid dienone is 3. The molecule has 1 aromatic rings. The van der Waals surface area contributed by atoms with E-state index in [9.17, 15) is 4.79 Å². The van der Waals surface area contributed by atoms with Gasteiger partial charge in [0.15, 0.2) is 0 Å². The van der Waals surface area contributed by atoms with Gasteiger partial charge in [0, 0.05) is 0 Å². The first-order valence-corrected chi connectivity index (χ1v) is 8.20. The molecule has 0 atom stereocenters. The van der Waals surface area contributed by atoms with Crippen molar-refractivity contribution >= 4 is 5.97 Å². The lowest BCUT2D eigenvalue weighted by molar-refractivity contribution is -0.157. The zero-order valence-corrected chi connectivity index (χ0v) is 14.5. The molecule has 23 heavy (non-hydrogen) atoms. The Morgan fingerprint density at radius 3 is 2.70 bits per heavy atom. The highest BCUT2D eigenvalue weighted by atomic mass is 16.5. The summed E-state index contributed by atoms with van der Waals surface area (Å²) in [6, 6.07) is 7.68. The van der Waals surface area contributed by atoms with Crippen molar-refractivity contribution in [2.24, 2.45) is 11.3 Å². The Hall–Kier alpha value is -2.03. The van der Waals surface area contributed by atoms with Gasteiger partial charge in [0.1, 0.15) is 18.1 Å². The van der Waals surface area contributed by atoms with Gasteiger partial charge in [-0.3, -0.25) is 4.79 Å². The Balaban J connectivity index is 1.96. The summed E-state index contributed by atoms with van der Waals surface area (Å²) in [5, 5.41) is 0. The van der Waals surface area contributed by atoms with Crippen molar-refractivity contribution in [1.29, 1.82) is 0 Å². The fourth-order valence-corrected chi connectivity index (χ4v) is 2.07. The molecule has 3 heteroatoms. The molecule has 0 saturated heterocycles. The summed E-state index contributed by atoms with van der Waals surface area (Å²) in [4.78, 5) is 12.2. The molecule has 0 fully saturated rings. The number of carbonyl (C=O) groups excluding carboxylic acids is 1. The number of carbonyl (C=O) groups is 1. The summed E-state index contributed by atoms with van der Waals surface area (Å²) in [5.41, 5.74) is 0.446. The van der Waals surface area contributed by atoms with E-state index in [0.29, 0.717) is 0 Å². The lowest BCUT2D eigenvalue weighted by Crippen LogP contribution is -2.31. The van der Waals surface area contributed by atoms with Gasteiger partial charge in [-0.1, -0.05) is 32.1 Å². The Morgan fingerprint density at radius 2 is 2.04 bits per heavy atom. The van der Waals surface area contributed by atoms with E-state index in [1.807, 2.05) is 58.0 Å². The molecular formula is C20H26O3. The van der Waals surface area contributed by atoms with E-state index in [0.717, 1.165) is 29.9 Å². The summed E-state index contributed by atoms with van der Waals surface area (Å²) >= 11 is 0. The first-order chi connectivity index (χ1) is 10.9. The zero-order chi connectivity index (χ0) is 16.9. The van der Waals surface area contributed by atoms with E-state index >= 15 is 0 Å². The predicted octanol–water partition coefficient (Wildman–Crippen LogP) is 5.02. The molecule has 2 rings (SSSR count). The van der Waals surface area contributed by atoms with Gasteiger partial charge < -0.3 is 9.47 Å². The maximum absolute atomic E-state index is 12.2. The summed E-state index contributed by atoms with van der Waals surface area (Å²) in [7, 11) is 0. The second kappa shape index (κ2) is 7.49. The van der Waals surface area contributed by atoms with Gasteiger partial charge in [-0.05, 0) is 62.5 Å². The van der Waals surface area contributed by atoms with Gasteiger partial charge in [0.2, 0.25) is 0 Å². The predicted molar refractivity (Wildman–Crippen MR) is 91.9 cm³/mol. The average molecular weight is 314 g/mol. The van der Waals surface area contributed by atoms with Crippen molar-refractivity contribution in [3.8, 4) is 5.75 Å². The maximum Gasteiger partial charge on any atom is 0.312 e. The minimum Gasteiger partial charge on any atom is -0.460 e. The van der Waals surface area contributed by atoms with Crippen molar-refractivity contribution < 1.29 is 14.3 Å². The molecule has 124 valence electrons. The van der Waals surface area contributed by atoms with Crippen LogP contribution in [0.5, 0.6) is 5.75 Å². The normalized spacial score (nSPS) is 14.6. The van der Waals surface area contributed by atoms with Gasteiger partial charge in [0.25, 0.3) is 0 Å². The van der Waals surface area contributed by atoms with E-state index in [4.69, 9.17) is 9.47 Å². The highest BCUT2D eigenvalue weighted by Crippen LogP contribution is 2.28. The van der Waals surface area contributed by atoms with Crippen LogP contribution in [0.2, 0.25) is 0 Å². The largest absolute Gasteiger partial charge is 0.460 e. The van der Waals surface area contributed by atoms with Crippen molar-refractivity contribution in [2.45, 2.75) is 47.1 Å². The van der Waals surface area contributed by atoms with E-state index in [1.165, 1.54) is 0 Å². The quantitative estimate of drug-likeness (QED) is 0.691. The van der Waals surface area contributed by atoms with Gasteiger partial charge >= 0.3 is 5.97 Å². The van der Waals surface area contributed by atoms with Gasteiger partial charge in [-0.15, -0.1) is 0 Å². The van der Waals surface area contributed by atoms with Crippen molar-refractivity contribution in [3.63, 3.8) is 0 Å². The summed E-state index contributed by atoms with van der Waals surface area (Å²) < 4.78 is 11.3. The van der Waals surface area contributed by atoms with Crippen molar-refractivity contribution in [2.75, 3.05) is 0 Å². The Kier molecular flexibility index (Phi) is 5.64. The number of hydrogen-bond donors (Lipinski definition) is 0. The molecule has 1 aliphatic carbocycles. The van der Waals surface area contributed by atoms with Crippen LogP contribution in [-0.2, 0) is 16.1 Å². The molecule has 0 heterocycles. The van der Waals surface area contributed by atoms with Gasteiger partial charge in [-0.2, -0.15) is 0 Å². The lowest BCUT2D eigenvalue weighted by Gasteiger charge is -2.26. The number of rotatable bonds is 6. The first kappa shape index (κ1) is 17.3. The molecule has 0 bridgehead atoms. The van der Waals surface area contributed by atoms with E-state index in [-0.39, 0.29) is 18.5 Å². The monoisotopic (exact) mass is 314 g/mol. The van der Waals surface area contributed by atoms with Gasteiger partial charge in [0.05, 0.1) is 5.41 Å². The standard InChI is InChI=1S/C20H26O3/c1-15(2)20(3,4)19(21)22-14-16-9-8-12-18(13-16)23-17-10-6-5-7-11-17/h6,8-13,15H,5,7,14H2,1-4H3. The smallest absolute Gasteiger partial charge is 0.312 e. The van der Waals surface area contributed by atoms with Crippen LogP contribution < -0.4 is 4.74 Å². The van der Waals surface area contributed by atoms with Crippen LogP contribution in [0.15, 0.2) is 48.3 Å². The van der Waals surface area contributed by atoms with E-state index in [2.05, 4.69) is 12.2 Å². The molecule has 1 aromatic carbocycles. The topological polar surface area (TPSA) is 35.5 Å². The van der Waals surface area contributed by atoms with E-state index in [1.54, 1.807) is 0 Å². The maximum atomic E-state index is 12.2. The van der Waals surface area contributed by atoms with Crippen LogP contribution in [0.3, 0.4) is 0 Å². The molecule has 0 aliphatic heterocycles. The second-order valence-electron chi connectivity index (χ2n) is 6.79. The molecule has 0 amide bonds. The fraction of sp³-hybridized carbons (Fsp3) is 0.450. The van der Waals surface area contributed by atoms with Crippen LogP contribution in [0.4, 0.5) is 0 Å². The summed E-state index contributed by atoms with van der Waals surface area (Å²) in [6.07, 6.45) is 8.25. The minimum atomic E-state index is -0.480. The number of hydrogen-bond acceptors (Lipinski definition) is 3. The SMILES string of the molecule is CC(C)C(C)(C)C(=O)OCc1cccc(OC2=CCCC=C2)c1. The third-order valence-electron chi connectivity index (χ3n) is 4.43. The van der Waals surface area contributed by atoms with Crippen LogP contribution in [0, 0.1) is 11.3 Å². The molecule has 1 aliphatic rings. The number of benzene rings is 1. The van der Waals surface area contributed by atoms with Crippen LogP contribution in [-0.4, -0.2) is 5.97 Å². The number of ether oxygens (including phenoxy) is 2. The third kappa shape index (κ3) is 4.72. The molecule has 0 radical (unpaired) electrons. The summed E-state index contributed by atoms with van der Waals surface area (Å²) in [6.45, 7) is 8.16. The molecule has 0 N–H and O–H groups in total. The molecule has 0 unspecified atom stereocenters. The Bertz CT molecular complexity index is 609. The molecule has 0 saturated carbocycles. The van der Waals surface area contributed by atoms with Crippen LogP contribution >= 0.6 is 0 Å². The highest BCUT2D eigenvalue weighted by molar-refractivity contribution is 5.76. The highest BCUT2D eigenvalue weighted by Gasteiger charge is 2.32. The second-order valence-corrected chi connectivity index (χ2v) is 6.79. The van der Waals surface area contributed by atoms with Crippen molar-refractivity contribution in [1.82, 2.24) is 0 Å². The molecule has 3 nitrogen and oxygen atoms in total. The molecule has 0 spiro atoms. The third-order valence-corrected chi connectivity index (χ3v) is 4.43. The minimum absolute atomic E-state index is 0.170. The van der Waals surface area contributed by atoms with Crippen LogP contribution in [0.1, 0.15) is 46.1 Å². The number of esters is 1. The Labute approximate surface area is 139 Å². The fourth-order valence-electron chi connectivity index (χ4n) is 2.07. The summed E-state index contributed by atoms with van der Waals surface area (Å²) in [5.74, 6) is 1.69. The van der Waals surface area contributed by atoms with Gasteiger partial charge in [-0.25, -0.2) is 0 Å². The zero-order valence-electron chi connectivity index (χ0n) is 14.5. The Morgan fingerprint density at radius 1 is 1.26 bits per heavy atom. The van der Waals surface area contributed by atoms with E-state index < -0.39 is 5.41 Å². The van der Waals surface area contributed by atoms with Crippen LogP contribution in [0.25, 0.3) is 0 Å². The lowest BCUT2D eigenvalue weighted by atomic mass is 9.81. The molecular weight excluding hydrogens is 288 g/mol. The first-order valence-electron chi connectivity index (χ1n) is 8.20. The molecule has 0 aromatic heterocycles.